The average Bonchev–Trinajstić information content (AvgIpc) is 2.20. The molecule has 0 spiro atoms. The summed E-state index contributed by atoms with van der Waals surface area (Å²) in [5.41, 5.74) is 8.08. The van der Waals surface area contributed by atoms with Gasteiger partial charge in [-0.1, -0.05) is 32.4 Å². The molecule has 1 rings (SSSR count). The highest BCUT2D eigenvalue weighted by molar-refractivity contribution is 5.85. The molecule has 0 bridgehead atoms. The summed E-state index contributed by atoms with van der Waals surface area (Å²) in [4.78, 5) is 0. The van der Waals surface area contributed by atoms with Crippen LogP contribution in [0.5, 0.6) is 5.75 Å². The number of hydrogen-bond donors (Lipinski definition) is 2. The minimum atomic E-state index is 0. The standard InChI is InChI=1S/C12H19NO.ClH/c1-4-8(2)12(13)10-5-6-11(14)9(3)7-10;/h5-8,12,14H,4,13H2,1-3H3;1H/t8?,12-;/m1./s1. The van der Waals surface area contributed by atoms with Crippen molar-refractivity contribution in [1.29, 1.82) is 0 Å². The van der Waals surface area contributed by atoms with Gasteiger partial charge in [-0.15, -0.1) is 12.4 Å². The lowest BCUT2D eigenvalue weighted by Crippen LogP contribution is -2.18. The summed E-state index contributed by atoms with van der Waals surface area (Å²) in [5.74, 6) is 0.809. The van der Waals surface area contributed by atoms with E-state index < -0.39 is 0 Å². The molecule has 0 aromatic heterocycles. The molecule has 3 N–H and O–H groups in total. The normalized spacial score (nSPS) is 14.1. The van der Waals surface area contributed by atoms with Crippen LogP contribution in [0.25, 0.3) is 0 Å². The summed E-state index contributed by atoms with van der Waals surface area (Å²) in [7, 11) is 0. The Bertz CT molecular complexity index is 314. The van der Waals surface area contributed by atoms with Crippen molar-refractivity contribution in [1.82, 2.24) is 0 Å². The molecule has 0 amide bonds. The van der Waals surface area contributed by atoms with E-state index in [1.54, 1.807) is 6.07 Å². The summed E-state index contributed by atoms with van der Waals surface area (Å²) in [5, 5.41) is 9.38. The maximum absolute atomic E-state index is 9.38. The highest BCUT2D eigenvalue weighted by Gasteiger charge is 2.13. The zero-order valence-electron chi connectivity index (χ0n) is 9.53. The minimum Gasteiger partial charge on any atom is -0.508 e. The van der Waals surface area contributed by atoms with E-state index in [0.717, 1.165) is 17.5 Å². The zero-order valence-corrected chi connectivity index (χ0v) is 10.3. The average molecular weight is 230 g/mol. The second-order valence-electron chi connectivity index (χ2n) is 3.96. The van der Waals surface area contributed by atoms with Crippen LogP contribution < -0.4 is 5.73 Å². The van der Waals surface area contributed by atoms with Crippen molar-refractivity contribution in [3.63, 3.8) is 0 Å². The molecule has 2 nitrogen and oxygen atoms in total. The molecule has 0 aliphatic heterocycles. The first-order valence-electron chi connectivity index (χ1n) is 5.11. The van der Waals surface area contributed by atoms with Crippen molar-refractivity contribution in [3.8, 4) is 5.75 Å². The first-order chi connectivity index (χ1) is 6.56. The Morgan fingerprint density at radius 3 is 2.47 bits per heavy atom. The molecule has 0 saturated carbocycles. The molecule has 0 saturated heterocycles. The van der Waals surface area contributed by atoms with E-state index in [2.05, 4.69) is 13.8 Å². The van der Waals surface area contributed by atoms with Gasteiger partial charge in [0.05, 0.1) is 0 Å². The van der Waals surface area contributed by atoms with E-state index in [-0.39, 0.29) is 18.4 Å². The number of phenolic OH excluding ortho intramolecular Hbond substituents is 1. The summed E-state index contributed by atoms with van der Waals surface area (Å²) < 4.78 is 0. The number of phenols is 1. The molecule has 0 heterocycles. The quantitative estimate of drug-likeness (QED) is 0.837. The summed E-state index contributed by atoms with van der Waals surface area (Å²) in [6.45, 7) is 6.17. The largest absolute Gasteiger partial charge is 0.508 e. The molecular formula is C12H20ClNO. The molecular weight excluding hydrogens is 210 g/mol. The van der Waals surface area contributed by atoms with Gasteiger partial charge in [0.1, 0.15) is 5.75 Å². The summed E-state index contributed by atoms with van der Waals surface area (Å²) >= 11 is 0. The van der Waals surface area contributed by atoms with Crippen LogP contribution in [-0.2, 0) is 0 Å². The second kappa shape index (κ2) is 5.99. The van der Waals surface area contributed by atoms with Crippen LogP contribution in [0.4, 0.5) is 0 Å². The summed E-state index contributed by atoms with van der Waals surface area (Å²) in [6, 6.07) is 5.65. The second-order valence-corrected chi connectivity index (χ2v) is 3.96. The molecule has 1 aromatic rings. The number of aromatic hydroxyl groups is 1. The van der Waals surface area contributed by atoms with Crippen LogP contribution >= 0.6 is 12.4 Å². The van der Waals surface area contributed by atoms with E-state index in [1.807, 2.05) is 19.1 Å². The van der Waals surface area contributed by atoms with Gasteiger partial charge in [-0.05, 0) is 30.0 Å². The predicted molar refractivity (Wildman–Crippen MR) is 66.5 cm³/mol. The highest BCUT2D eigenvalue weighted by atomic mass is 35.5. The molecule has 0 radical (unpaired) electrons. The number of halogens is 1. The van der Waals surface area contributed by atoms with Crippen molar-refractivity contribution in [2.24, 2.45) is 11.7 Å². The van der Waals surface area contributed by atoms with Crippen LogP contribution in [0.2, 0.25) is 0 Å². The first kappa shape index (κ1) is 14.3. The van der Waals surface area contributed by atoms with Crippen molar-refractivity contribution in [3.05, 3.63) is 29.3 Å². The van der Waals surface area contributed by atoms with Crippen molar-refractivity contribution in [2.45, 2.75) is 33.2 Å². The van der Waals surface area contributed by atoms with E-state index in [9.17, 15) is 5.11 Å². The van der Waals surface area contributed by atoms with Gasteiger partial charge >= 0.3 is 0 Å². The van der Waals surface area contributed by atoms with E-state index in [4.69, 9.17) is 5.73 Å². The zero-order chi connectivity index (χ0) is 10.7. The monoisotopic (exact) mass is 229 g/mol. The van der Waals surface area contributed by atoms with Crippen molar-refractivity contribution < 1.29 is 5.11 Å². The van der Waals surface area contributed by atoms with Crippen molar-refractivity contribution in [2.75, 3.05) is 0 Å². The maximum atomic E-state index is 9.38. The Kier molecular flexibility index (Phi) is 5.69. The third kappa shape index (κ3) is 3.40. The molecule has 3 heteroatoms. The smallest absolute Gasteiger partial charge is 0.118 e. The first-order valence-corrected chi connectivity index (χ1v) is 5.11. The minimum absolute atomic E-state index is 0. The van der Waals surface area contributed by atoms with Crippen LogP contribution in [-0.4, -0.2) is 5.11 Å². The van der Waals surface area contributed by atoms with Crippen LogP contribution in [0, 0.1) is 12.8 Å². The lowest BCUT2D eigenvalue weighted by molar-refractivity contribution is 0.452. The molecule has 2 atom stereocenters. The molecule has 1 unspecified atom stereocenters. The Balaban J connectivity index is 0.00000196. The topological polar surface area (TPSA) is 46.2 Å². The van der Waals surface area contributed by atoms with Gasteiger partial charge in [0.25, 0.3) is 0 Å². The Hall–Kier alpha value is -0.730. The fraction of sp³-hybridized carbons (Fsp3) is 0.500. The van der Waals surface area contributed by atoms with E-state index in [0.29, 0.717) is 11.7 Å². The van der Waals surface area contributed by atoms with Gasteiger partial charge in [-0.3, -0.25) is 0 Å². The Morgan fingerprint density at radius 2 is 2.00 bits per heavy atom. The van der Waals surface area contributed by atoms with Gasteiger partial charge < -0.3 is 10.8 Å². The third-order valence-corrected chi connectivity index (χ3v) is 2.86. The molecule has 86 valence electrons. The SMILES string of the molecule is CCC(C)[C@@H](N)c1ccc(O)c(C)c1.Cl. The van der Waals surface area contributed by atoms with Crippen LogP contribution in [0.1, 0.15) is 37.4 Å². The Morgan fingerprint density at radius 1 is 1.40 bits per heavy atom. The summed E-state index contributed by atoms with van der Waals surface area (Å²) in [6.07, 6.45) is 1.07. The van der Waals surface area contributed by atoms with Gasteiger partial charge in [0.2, 0.25) is 0 Å². The number of hydrogen-bond acceptors (Lipinski definition) is 2. The van der Waals surface area contributed by atoms with Crippen LogP contribution in [0.15, 0.2) is 18.2 Å². The number of benzene rings is 1. The van der Waals surface area contributed by atoms with E-state index >= 15 is 0 Å². The number of aryl methyl sites for hydroxylation is 1. The third-order valence-electron chi connectivity index (χ3n) is 2.86. The lowest BCUT2D eigenvalue weighted by Gasteiger charge is -2.19. The predicted octanol–water partition coefficient (Wildman–Crippen LogP) is 3.17. The molecule has 1 aromatic carbocycles. The van der Waals surface area contributed by atoms with Crippen molar-refractivity contribution >= 4 is 12.4 Å². The van der Waals surface area contributed by atoms with Gasteiger partial charge in [0, 0.05) is 6.04 Å². The Labute approximate surface area is 97.9 Å². The van der Waals surface area contributed by atoms with Gasteiger partial charge in [-0.2, -0.15) is 0 Å². The maximum Gasteiger partial charge on any atom is 0.118 e. The lowest BCUT2D eigenvalue weighted by atomic mass is 9.92. The van der Waals surface area contributed by atoms with E-state index in [1.165, 1.54) is 0 Å². The van der Waals surface area contributed by atoms with Gasteiger partial charge in [-0.25, -0.2) is 0 Å². The van der Waals surface area contributed by atoms with Gasteiger partial charge in [0.15, 0.2) is 0 Å². The fourth-order valence-electron chi connectivity index (χ4n) is 1.47. The molecule has 0 aliphatic rings. The van der Waals surface area contributed by atoms with Crippen LogP contribution in [0.3, 0.4) is 0 Å². The number of rotatable bonds is 3. The fourth-order valence-corrected chi connectivity index (χ4v) is 1.47. The molecule has 15 heavy (non-hydrogen) atoms. The number of nitrogens with two attached hydrogens (primary N) is 1. The molecule has 0 fully saturated rings. The highest BCUT2D eigenvalue weighted by Crippen LogP contribution is 2.25. The molecule has 0 aliphatic carbocycles.